The summed E-state index contributed by atoms with van der Waals surface area (Å²) in [7, 11) is 1.69. The van der Waals surface area contributed by atoms with Gasteiger partial charge >= 0.3 is 0 Å². The molecule has 0 heterocycles. The lowest BCUT2D eigenvalue weighted by Gasteiger charge is -2.11. The van der Waals surface area contributed by atoms with E-state index in [4.69, 9.17) is 4.74 Å². The van der Waals surface area contributed by atoms with Crippen LogP contribution in [0.15, 0.2) is 42.5 Å². The molecule has 100 valence electrons. The zero-order valence-electron chi connectivity index (χ0n) is 11.2. The number of benzene rings is 2. The van der Waals surface area contributed by atoms with Gasteiger partial charge in [-0.15, -0.1) is 0 Å². The van der Waals surface area contributed by atoms with Gasteiger partial charge in [0.15, 0.2) is 0 Å². The van der Waals surface area contributed by atoms with Crippen LogP contribution in [0.5, 0.6) is 0 Å². The molecule has 3 heteroatoms. The number of ether oxygens (including phenoxy) is 1. The number of halogens is 1. The third-order valence-electron chi connectivity index (χ3n) is 3.06. The summed E-state index contributed by atoms with van der Waals surface area (Å²) in [6.45, 7) is 3.06. The molecule has 0 aliphatic rings. The van der Waals surface area contributed by atoms with Crippen molar-refractivity contribution in [3.05, 3.63) is 65.0 Å². The number of methoxy groups -OCH3 is 1. The Morgan fingerprint density at radius 2 is 1.84 bits per heavy atom. The highest BCUT2D eigenvalue weighted by molar-refractivity contribution is 5.46. The van der Waals surface area contributed by atoms with Gasteiger partial charge in [0, 0.05) is 19.3 Å². The number of nitrogens with one attached hydrogen (secondary N) is 1. The van der Waals surface area contributed by atoms with E-state index < -0.39 is 0 Å². The molecule has 2 aromatic carbocycles. The minimum Gasteiger partial charge on any atom is -0.381 e. The topological polar surface area (TPSA) is 21.3 Å². The predicted octanol–water partition coefficient (Wildman–Crippen LogP) is 3.89. The SMILES string of the molecule is COCc1ccccc1CNc1ccc(F)c(C)c1. The van der Waals surface area contributed by atoms with Gasteiger partial charge in [-0.25, -0.2) is 4.39 Å². The van der Waals surface area contributed by atoms with Crippen LogP contribution in [0.2, 0.25) is 0 Å². The molecule has 0 aliphatic heterocycles. The molecule has 0 bridgehead atoms. The molecular weight excluding hydrogens is 241 g/mol. The van der Waals surface area contributed by atoms with Crippen molar-refractivity contribution in [2.45, 2.75) is 20.1 Å². The number of hydrogen-bond acceptors (Lipinski definition) is 2. The summed E-state index contributed by atoms with van der Waals surface area (Å²) in [5, 5.41) is 3.31. The maximum atomic E-state index is 13.2. The van der Waals surface area contributed by atoms with E-state index in [9.17, 15) is 4.39 Å². The van der Waals surface area contributed by atoms with Gasteiger partial charge in [-0.2, -0.15) is 0 Å². The van der Waals surface area contributed by atoms with E-state index >= 15 is 0 Å². The van der Waals surface area contributed by atoms with Crippen molar-refractivity contribution < 1.29 is 9.13 Å². The van der Waals surface area contributed by atoms with E-state index in [0.29, 0.717) is 18.7 Å². The Balaban J connectivity index is 2.07. The van der Waals surface area contributed by atoms with Crippen molar-refractivity contribution in [1.82, 2.24) is 0 Å². The third-order valence-corrected chi connectivity index (χ3v) is 3.06. The van der Waals surface area contributed by atoms with Gasteiger partial charge in [-0.05, 0) is 41.8 Å². The van der Waals surface area contributed by atoms with Crippen LogP contribution in [-0.2, 0) is 17.9 Å². The van der Waals surface area contributed by atoms with Crippen LogP contribution in [-0.4, -0.2) is 7.11 Å². The van der Waals surface area contributed by atoms with Crippen molar-refractivity contribution in [3.63, 3.8) is 0 Å². The summed E-state index contributed by atoms with van der Waals surface area (Å²) in [6.07, 6.45) is 0. The molecule has 0 amide bonds. The van der Waals surface area contributed by atoms with Crippen LogP contribution >= 0.6 is 0 Å². The molecule has 0 atom stereocenters. The fourth-order valence-electron chi connectivity index (χ4n) is 1.98. The predicted molar refractivity (Wildman–Crippen MR) is 75.6 cm³/mol. The van der Waals surface area contributed by atoms with Gasteiger partial charge in [0.05, 0.1) is 6.61 Å². The average Bonchev–Trinajstić information content (AvgIpc) is 2.42. The molecule has 0 fully saturated rings. The summed E-state index contributed by atoms with van der Waals surface area (Å²) >= 11 is 0. The van der Waals surface area contributed by atoms with Crippen molar-refractivity contribution in [2.24, 2.45) is 0 Å². The second-order valence-electron chi connectivity index (χ2n) is 4.52. The third kappa shape index (κ3) is 3.55. The molecule has 19 heavy (non-hydrogen) atoms. The zero-order valence-corrected chi connectivity index (χ0v) is 11.2. The summed E-state index contributed by atoms with van der Waals surface area (Å²) in [6, 6.07) is 13.2. The molecule has 0 aromatic heterocycles. The Kier molecular flexibility index (Phi) is 4.53. The Bertz CT molecular complexity index is 554. The molecule has 0 aliphatic carbocycles. The molecule has 2 aromatic rings. The minimum atomic E-state index is -0.176. The second-order valence-corrected chi connectivity index (χ2v) is 4.52. The Labute approximate surface area is 113 Å². The van der Waals surface area contributed by atoms with E-state index in [2.05, 4.69) is 17.4 Å². The van der Waals surface area contributed by atoms with E-state index in [1.54, 1.807) is 20.1 Å². The molecule has 0 radical (unpaired) electrons. The van der Waals surface area contributed by atoms with Crippen LogP contribution in [0, 0.1) is 12.7 Å². The Morgan fingerprint density at radius 3 is 2.53 bits per heavy atom. The Hall–Kier alpha value is -1.87. The summed E-state index contributed by atoms with van der Waals surface area (Å²) < 4.78 is 18.4. The number of rotatable bonds is 5. The number of hydrogen-bond donors (Lipinski definition) is 1. The van der Waals surface area contributed by atoms with E-state index in [-0.39, 0.29) is 5.82 Å². The van der Waals surface area contributed by atoms with Crippen LogP contribution in [0.4, 0.5) is 10.1 Å². The maximum Gasteiger partial charge on any atom is 0.126 e. The first-order valence-electron chi connectivity index (χ1n) is 6.26. The van der Waals surface area contributed by atoms with Gasteiger partial charge in [0.2, 0.25) is 0 Å². The van der Waals surface area contributed by atoms with Gasteiger partial charge in [-0.3, -0.25) is 0 Å². The van der Waals surface area contributed by atoms with Crippen LogP contribution in [0.25, 0.3) is 0 Å². The van der Waals surface area contributed by atoms with Crippen molar-refractivity contribution in [1.29, 1.82) is 0 Å². The van der Waals surface area contributed by atoms with Crippen molar-refractivity contribution in [3.8, 4) is 0 Å². The maximum absolute atomic E-state index is 13.2. The normalized spacial score (nSPS) is 10.5. The largest absolute Gasteiger partial charge is 0.381 e. The van der Waals surface area contributed by atoms with E-state index in [1.165, 1.54) is 11.6 Å². The fraction of sp³-hybridized carbons (Fsp3) is 0.250. The fourth-order valence-corrected chi connectivity index (χ4v) is 1.98. The number of aryl methyl sites for hydroxylation is 1. The smallest absolute Gasteiger partial charge is 0.126 e. The first-order chi connectivity index (χ1) is 9.20. The molecule has 0 spiro atoms. The van der Waals surface area contributed by atoms with E-state index in [0.717, 1.165) is 11.3 Å². The highest BCUT2D eigenvalue weighted by Crippen LogP contribution is 2.16. The molecule has 0 saturated heterocycles. The molecular formula is C16H18FNO. The second kappa shape index (κ2) is 6.34. The van der Waals surface area contributed by atoms with Crippen LogP contribution in [0.1, 0.15) is 16.7 Å². The lowest BCUT2D eigenvalue weighted by Crippen LogP contribution is -2.04. The molecule has 0 unspecified atom stereocenters. The van der Waals surface area contributed by atoms with Crippen molar-refractivity contribution >= 4 is 5.69 Å². The average molecular weight is 259 g/mol. The standard InChI is InChI=1S/C16H18FNO/c1-12-9-15(7-8-16(12)17)18-10-13-5-3-4-6-14(13)11-19-2/h3-9,18H,10-11H2,1-2H3. The quantitative estimate of drug-likeness (QED) is 0.879. The zero-order chi connectivity index (χ0) is 13.7. The number of anilines is 1. The van der Waals surface area contributed by atoms with E-state index in [1.807, 2.05) is 18.2 Å². The van der Waals surface area contributed by atoms with Gasteiger partial charge in [0.1, 0.15) is 5.82 Å². The lowest BCUT2D eigenvalue weighted by molar-refractivity contribution is 0.184. The first kappa shape index (κ1) is 13.6. The van der Waals surface area contributed by atoms with Crippen LogP contribution < -0.4 is 5.32 Å². The molecule has 2 nitrogen and oxygen atoms in total. The van der Waals surface area contributed by atoms with Gasteiger partial charge in [0.25, 0.3) is 0 Å². The summed E-state index contributed by atoms with van der Waals surface area (Å²) in [4.78, 5) is 0. The Morgan fingerprint density at radius 1 is 1.11 bits per heavy atom. The summed E-state index contributed by atoms with van der Waals surface area (Å²) in [5.41, 5.74) is 3.92. The molecule has 0 saturated carbocycles. The lowest BCUT2D eigenvalue weighted by atomic mass is 10.1. The highest BCUT2D eigenvalue weighted by Gasteiger charge is 2.02. The van der Waals surface area contributed by atoms with Gasteiger partial charge < -0.3 is 10.1 Å². The molecule has 1 N–H and O–H groups in total. The van der Waals surface area contributed by atoms with Crippen LogP contribution in [0.3, 0.4) is 0 Å². The van der Waals surface area contributed by atoms with Crippen molar-refractivity contribution in [2.75, 3.05) is 12.4 Å². The minimum absolute atomic E-state index is 0.176. The monoisotopic (exact) mass is 259 g/mol. The van der Waals surface area contributed by atoms with Gasteiger partial charge in [-0.1, -0.05) is 24.3 Å². The highest BCUT2D eigenvalue weighted by atomic mass is 19.1. The first-order valence-corrected chi connectivity index (χ1v) is 6.26. The summed E-state index contributed by atoms with van der Waals surface area (Å²) in [5.74, 6) is -0.176. The molecule has 2 rings (SSSR count).